The number of ether oxygens (including phenoxy) is 1. The molecule has 0 aliphatic carbocycles. The van der Waals surface area contributed by atoms with Crippen LogP contribution in [0.3, 0.4) is 0 Å². The van der Waals surface area contributed by atoms with Crippen LogP contribution in [0.2, 0.25) is 0 Å². The molecule has 0 spiro atoms. The van der Waals surface area contributed by atoms with Crippen LogP contribution in [-0.4, -0.2) is 24.2 Å². The molecular weight excluding hydrogens is 180 g/mol. The second-order valence-corrected chi connectivity index (χ2v) is 3.43. The van der Waals surface area contributed by atoms with Crippen molar-refractivity contribution in [2.75, 3.05) is 6.54 Å². The van der Waals surface area contributed by atoms with Crippen LogP contribution in [0.25, 0.3) is 0 Å². The molecule has 12 heavy (non-hydrogen) atoms. The van der Waals surface area contributed by atoms with Crippen molar-refractivity contribution in [3.63, 3.8) is 0 Å². The van der Waals surface area contributed by atoms with E-state index in [2.05, 4.69) is 4.84 Å². The summed E-state index contributed by atoms with van der Waals surface area (Å²) in [5.41, 5.74) is 4.74. The number of hydrogen-bond donors (Lipinski definition) is 2. The molecule has 3 N–H and O–H groups in total. The molecule has 0 fully saturated rings. The van der Waals surface area contributed by atoms with Crippen LogP contribution in [0.4, 0.5) is 0 Å². The van der Waals surface area contributed by atoms with Crippen molar-refractivity contribution in [2.24, 2.45) is 5.73 Å². The van der Waals surface area contributed by atoms with Crippen LogP contribution in [0.5, 0.6) is 0 Å². The molecule has 0 aliphatic rings. The van der Waals surface area contributed by atoms with Crippen LogP contribution in [0, 0.1) is 0 Å². The maximum Gasteiger partial charge on any atom is 0.324 e. The fourth-order valence-corrected chi connectivity index (χ4v) is 0.536. The van der Waals surface area contributed by atoms with Gasteiger partial charge in [-0.3, -0.25) is 4.79 Å². The van der Waals surface area contributed by atoms with E-state index in [4.69, 9.17) is 22.2 Å². The molecule has 0 amide bonds. The summed E-state index contributed by atoms with van der Waals surface area (Å²) in [4.78, 5) is 13.4. The van der Waals surface area contributed by atoms with Crippen LogP contribution >= 0.6 is 11.8 Å². The van der Waals surface area contributed by atoms with Gasteiger partial charge in [0, 0.05) is 6.54 Å². The van der Waals surface area contributed by atoms with Gasteiger partial charge in [0.05, 0.1) is 0 Å². The number of halogens is 1. The van der Waals surface area contributed by atoms with Gasteiger partial charge in [-0.25, -0.2) is 4.84 Å². The first-order valence-electron chi connectivity index (χ1n) is 3.72. The fourth-order valence-electron chi connectivity index (χ4n) is 0.447. The summed E-state index contributed by atoms with van der Waals surface area (Å²) in [5.74, 6) is -0.402. The van der Waals surface area contributed by atoms with Gasteiger partial charge in [0.2, 0.25) is 0 Å². The second-order valence-electron chi connectivity index (χ2n) is 3.22. The Morgan fingerprint density at radius 3 is 2.58 bits per heavy atom. The van der Waals surface area contributed by atoms with E-state index in [9.17, 15) is 4.79 Å². The van der Waals surface area contributed by atoms with E-state index >= 15 is 0 Å². The molecule has 72 valence electrons. The lowest BCUT2D eigenvalue weighted by atomic mass is 10.1. The molecule has 0 aromatic carbocycles. The molecule has 4 nitrogen and oxygen atoms in total. The summed E-state index contributed by atoms with van der Waals surface area (Å²) in [6.07, 6.45) is 0. The number of rotatable bonds is 4. The largest absolute Gasteiger partial charge is 0.457 e. The first-order chi connectivity index (χ1) is 5.43. The van der Waals surface area contributed by atoms with E-state index < -0.39 is 17.6 Å². The van der Waals surface area contributed by atoms with Crippen molar-refractivity contribution in [3.05, 3.63) is 0 Å². The average molecular weight is 195 g/mol. The first kappa shape index (κ1) is 11.7. The minimum absolute atomic E-state index is 0.285. The molecule has 1 atom stereocenters. The minimum Gasteiger partial charge on any atom is -0.457 e. The average Bonchev–Trinajstić information content (AvgIpc) is 2.02. The highest BCUT2D eigenvalue weighted by Crippen LogP contribution is 2.07. The van der Waals surface area contributed by atoms with Crippen molar-refractivity contribution in [1.29, 1.82) is 0 Å². The van der Waals surface area contributed by atoms with Gasteiger partial charge in [0.25, 0.3) is 0 Å². The highest BCUT2D eigenvalue weighted by Gasteiger charge is 2.23. The summed E-state index contributed by atoms with van der Waals surface area (Å²) >= 11 is 5.24. The highest BCUT2D eigenvalue weighted by atomic mass is 35.5. The summed E-state index contributed by atoms with van der Waals surface area (Å²) in [5, 5.41) is 0. The van der Waals surface area contributed by atoms with Gasteiger partial charge in [0.15, 0.2) is 0 Å². The lowest BCUT2D eigenvalue weighted by molar-refractivity contribution is -0.157. The third-order valence-corrected chi connectivity index (χ3v) is 1.71. The molecule has 0 aromatic rings. The third-order valence-electron chi connectivity index (χ3n) is 1.39. The number of nitrogens with two attached hydrogens (primary N) is 1. The van der Waals surface area contributed by atoms with Crippen molar-refractivity contribution >= 4 is 17.7 Å². The zero-order valence-corrected chi connectivity index (χ0v) is 8.31. The Balaban J connectivity index is 4.00. The molecular formula is C7H15ClN2O2. The van der Waals surface area contributed by atoms with Crippen molar-refractivity contribution in [2.45, 2.75) is 32.4 Å². The van der Waals surface area contributed by atoms with E-state index in [0.29, 0.717) is 0 Å². The topological polar surface area (TPSA) is 64.3 Å². The maximum atomic E-state index is 11.1. The molecule has 0 unspecified atom stereocenters. The maximum absolute atomic E-state index is 11.1. The van der Waals surface area contributed by atoms with Gasteiger partial charge >= 0.3 is 5.97 Å². The highest BCUT2D eigenvalue weighted by molar-refractivity contribution is 6.14. The standard InChI is InChI=1S/C7H15ClN2O2/c1-5(10-8)6(11)12-7(2,3)4-9/h5,10H,4,9H2,1-3H3/t5-/m0/s1. The van der Waals surface area contributed by atoms with Crippen LogP contribution in [-0.2, 0) is 9.53 Å². The van der Waals surface area contributed by atoms with E-state index in [1.165, 1.54) is 0 Å². The van der Waals surface area contributed by atoms with E-state index in [-0.39, 0.29) is 6.54 Å². The summed E-state index contributed by atoms with van der Waals surface area (Å²) in [7, 11) is 0. The van der Waals surface area contributed by atoms with Crippen molar-refractivity contribution in [1.82, 2.24) is 4.84 Å². The van der Waals surface area contributed by atoms with Crippen LogP contribution in [0.15, 0.2) is 0 Å². The van der Waals surface area contributed by atoms with Gasteiger partial charge in [-0.05, 0) is 32.5 Å². The molecule has 0 heterocycles. The number of hydrogen-bond acceptors (Lipinski definition) is 4. The van der Waals surface area contributed by atoms with E-state index in [0.717, 1.165) is 0 Å². The lowest BCUT2D eigenvalue weighted by Crippen LogP contribution is -2.41. The minimum atomic E-state index is -0.626. The predicted molar refractivity (Wildman–Crippen MR) is 47.7 cm³/mol. The lowest BCUT2D eigenvalue weighted by Gasteiger charge is -2.24. The Kier molecular flexibility index (Phi) is 4.52. The Morgan fingerprint density at radius 1 is 1.75 bits per heavy atom. The van der Waals surface area contributed by atoms with Gasteiger partial charge in [-0.1, -0.05) is 0 Å². The second kappa shape index (κ2) is 4.64. The molecule has 5 heteroatoms. The van der Waals surface area contributed by atoms with E-state index in [1.807, 2.05) is 0 Å². The predicted octanol–water partition coefficient (Wildman–Crippen LogP) is 0.399. The molecule has 0 bridgehead atoms. The number of carbonyl (C=O) groups is 1. The molecule has 0 saturated heterocycles. The van der Waals surface area contributed by atoms with Gasteiger partial charge < -0.3 is 10.5 Å². The Bertz CT molecular complexity index is 161. The van der Waals surface area contributed by atoms with Crippen molar-refractivity contribution in [3.8, 4) is 0 Å². The summed E-state index contributed by atoms with van der Waals surface area (Å²) in [6.45, 7) is 5.38. The number of carbonyl (C=O) groups excluding carboxylic acids is 1. The third kappa shape index (κ3) is 3.90. The van der Waals surface area contributed by atoms with Crippen LogP contribution < -0.4 is 10.6 Å². The smallest absolute Gasteiger partial charge is 0.324 e. The molecule has 0 saturated carbocycles. The van der Waals surface area contributed by atoms with Gasteiger partial charge in [-0.15, -0.1) is 0 Å². The molecule has 0 aromatic heterocycles. The van der Waals surface area contributed by atoms with Gasteiger partial charge in [-0.2, -0.15) is 0 Å². The number of nitrogens with one attached hydrogen (secondary N) is 1. The monoisotopic (exact) mass is 194 g/mol. The van der Waals surface area contributed by atoms with Crippen LogP contribution in [0.1, 0.15) is 20.8 Å². The Labute approximate surface area is 77.5 Å². The zero-order valence-electron chi connectivity index (χ0n) is 7.56. The van der Waals surface area contributed by atoms with Gasteiger partial charge in [0.1, 0.15) is 11.6 Å². The van der Waals surface area contributed by atoms with Crippen molar-refractivity contribution < 1.29 is 9.53 Å². The molecule has 0 rings (SSSR count). The summed E-state index contributed by atoms with van der Waals surface area (Å²) in [6, 6.07) is -0.516. The SMILES string of the molecule is C[C@H](NCl)C(=O)OC(C)(C)CN. The molecule has 0 radical (unpaired) electrons. The fraction of sp³-hybridized carbons (Fsp3) is 0.857. The zero-order chi connectivity index (χ0) is 9.78. The molecule has 0 aliphatic heterocycles. The summed E-state index contributed by atoms with van der Waals surface area (Å²) < 4.78 is 5.03. The first-order valence-corrected chi connectivity index (χ1v) is 4.10. The van der Waals surface area contributed by atoms with E-state index in [1.54, 1.807) is 20.8 Å². The normalized spacial score (nSPS) is 14.1. The Morgan fingerprint density at radius 2 is 2.25 bits per heavy atom. The quantitative estimate of drug-likeness (QED) is 0.502. The Hall–Kier alpha value is -0.320. The number of esters is 1.